The average molecular weight is 252 g/mol. The number of fused-ring (bicyclic) bond motifs is 1. The molecule has 90 valence electrons. The maximum Gasteiger partial charge on any atom is 0.145 e. The van der Waals surface area contributed by atoms with Crippen LogP contribution in [0.15, 0.2) is 12.1 Å². The fourth-order valence-corrected chi connectivity index (χ4v) is 2.13. The van der Waals surface area contributed by atoms with E-state index in [4.69, 9.17) is 21.1 Å². The monoisotopic (exact) mass is 251 g/mol. The Hall–Kier alpha value is -1.48. The lowest BCUT2D eigenvalue weighted by Gasteiger charge is -2.13. The fourth-order valence-electron chi connectivity index (χ4n) is 1.81. The number of aromatic nitrogens is 1. The van der Waals surface area contributed by atoms with Gasteiger partial charge < -0.3 is 9.47 Å². The summed E-state index contributed by atoms with van der Waals surface area (Å²) in [6.07, 6.45) is 0. The topological polar surface area (TPSA) is 31.4 Å². The average Bonchev–Trinajstić information content (AvgIpc) is 2.34. The molecule has 17 heavy (non-hydrogen) atoms. The van der Waals surface area contributed by atoms with Crippen molar-refractivity contribution in [3.8, 4) is 11.5 Å². The van der Waals surface area contributed by atoms with Crippen molar-refractivity contribution in [1.82, 2.24) is 4.98 Å². The predicted molar refractivity (Wildman–Crippen MR) is 69.3 cm³/mol. The van der Waals surface area contributed by atoms with Crippen LogP contribution in [0.25, 0.3) is 10.9 Å². The van der Waals surface area contributed by atoms with E-state index < -0.39 is 0 Å². The van der Waals surface area contributed by atoms with Gasteiger partial charge >= 0.3 is 0 Å². The van der Waals surface area contributed by atoms with Crippen molar-refractivity contribution in [2.75, 3.05) is 14.2 Å². The highest BCUT2D eigenvalue weighted by Gasteiger charge is 2.15. The van der Waals surface area contributed by atoms with Gasteiger partial charge in [-0.2, -0.15) is 0 Å². The van der Waals surface area contributed by atoms with Crippen molar-refractivity contribution in [3.63, 3.8) is 0 Å². The van der Waals surface area contributed by atoms with Gasteiger partial charge in [-0.05, 0) is 31.5 Å². The smallest absolute Gasteiger partial charge is 0.145 e. The number of benzene rings is 1. The van der Waals surface area contributed by atoms with Crippen LogP contribution in [0.5, 0.6) is 11.5 Å². The molecule has 0 saturated heterocycles. The van der Waals surface area contributed by atoms with E-state index in [-0.39, 0.29) is 0 Å². The number of rotatable bonds is 2. The van der Waals surface area contributed by atoms with Gasteiger partial charge in [-0.25, -0.2) is 4.98 Å². The van der Waals surface area contributed by atoms with Gasteiger partial charge in [0.2, 0.25) is 0 Å². The highest BCUT2D eigenvalue weighted by molar-refractivity contribution is 6.37. The highest BCUT2D eigenvalue weighted by atomic mass is 35.5. The predicted octanol–water partition coefficient (Wildman–Crippen LogP) is 3.52. The summed E-state index contributed by atoms with van der Waals surface area (Å²) < 4.78 is 10.6. The molecule has 4 heteroatoms. The first-order chi connectivity index (χ1) is 8.10. The lowest BCUT2D eigenvalue weighted by molar-refractivity contribution is 0.409. The normalized spacial score (nSPS) is 10.6. The first kappa shape index (κ1) is 12.0. The van der Waals surface area contributed by atoms with Crippen molar-refractivity contribution in [3.05, 3.63) is 28.4 Å². The molecule has 0 spiro atoms. The maximum absolute atomic E-state index is 6.37. The minimum atomic E-state index is 0.670. The summed E-state index contributed by atoms with van der Waals surface area (Å²) in [7, 11) is 3.23. The quantitative estimate of drug-likeness (QED) is 0.818. The summed E-state index contributed by atoms with van der Waals surface area (Å²) in [6, 6.07) is 3.67. The molecular weight excluding hydrogens is 238 g/mol. The van der Waals surface area contributed by atoms with Crippen LogP contribution in [0.4, 0.5) is 0 Å². The Morgan fingerprint density at radius 1 is 1.06 bits per heavy atom. The molecule has 1 aromatic heterocycles. The van der Waals surface area contributed by atoms with Gasteiger partial charge in [0, 0.05) is 5.69 Å². The minimum absolute atomic E-state index is 0.670. The summed E-state index contributed by atoms with van der Waals surface area (Å²) in [5, 5.41) is 1.47. The number of ether oxygens (including phenoxy) is 2. The van der Waals surface area contributed by atoms with Crippen LogP contribution in [-0.4, -0.2) is 19.2 Å². The summed E-state index contributed by atoms with van der Waals surface area (Å²) in [5.74, 6) is 1.41. The van der Waals surface area contributed by atoms with E-state index in [9.17, 15) is 0 Å². The Morgan fingerprint density at radius 2 is 1.65 bits per heavy atom. The van der Waals surface area contributed by atoms with Crippen molar-refractivity contribution in [2.45, 2.75) is 13.8 Å². The third-order valence-electron chi connectivity index (χ3n) is 2.91. The van der Waals surface area contributed by atoms with E-state index in [0.717, 1.165) is 22.2 Å². The number of aryl methyl sites for hydroxylation is 1. The van der Waals surface area contributed by atoms with Gasteiger partial charge in [-0.15, -0.1) is 0 Å². The van der Waals surface area contributed by atoms with Crippen molar-refractivity contribution >= 4 is 22.5 Å². The van der Waals surface area contributed by atoms with E-state index >= 15 is 0 Å². The molecule has 2 rings (SSSR count). The molecule has 0 radical (unpaired) electrons. The second kappa shape index (κ2) is 4.41. The van der Waals surface area contributed by atoms with Gasteiger partial charge in [-0.3, -0.25) is 0 Å². The van der Waals surface area contributed by atoms with Crippen LogP contribution in [0.1, 0.15) is 11.3 Å². The molecule has 0 aliphatic carbocycles. The van der Waals surface area contributed by atoms with Gasteiger partial charge in [0.05, 0.1) is 24.6 Å². The van der Waals surface area contributed by atoms with E-state index in [1.807, 2.05) is 26.0 Å². The number of nitrogens with zero attached hydrogens (tertiary/aromatic N) is 1. The standard InChI is InChI=1S/C13H14ClNO2/c1-7-8(2)15-13-10(17-4)6-5-9(16-3)11(13)12(7)14/h5-6H,1-4H3. The van der Waals surface area contributed by atoms with Gasteiger partial charge in [0.25, 0.3) is 0 Å². The van der Waals surface area contributed by atoms with Crippen molar-refractivity contribution in [1.29, 1.82) is 0 Å². The largest absolute Gasteiger partial charge is 0.496 e. The summed E-state index contributed by atoms with van der Waals surface area (Å²) in [4.78, 5) is 4.53. The molecule has 0 saturated carbocycles. The molecule has 0 N–H and O–H groups in total. The second-order valence-electron chi connectivity index (χ2n) is 3.83. The van der Waals surface area contributed by atoms with E-state index in [0.29, 0.717) is 16.5 Å². The first-order valence-corrected chi connectivity index (χ1v) is 5.65. The zero-order chi connectivity index (χ0) is 12.6. The van der Waals surface area contributed by atoms with Crippen LogP contribution < -0.4 is 9.47 Å². The third kappa shape index (κ3) is 1.80. The number of methoxy groups -OCH3 is 2. The van der Waals surface area contributed by atoms with Crippen LogP contribution in [0.2, 0.25) is 5.02 Å². The molecule has 1 aromatic carbocycles. The molecule has 1 heterocycles. The Kier molecular flexibility index (Phi) is 3.11. The number of hydrogen-bond acceptors (Lipinski definition) is 3. The van der Waals surface area contributed by atoms with E-state index in [2.05, 4.69) is 4.98 Å². The number of pyridine rings is 1. The summed E-state index contributed by atoms with van der Waals surface area (Å²) in [5.41, 5.74) is 2.60. The van der Waals surface area contributed by atoms with Crippen LogP contribution in [0, 0.1) is 13.8 Å². The highest BCUT2D eigenvalue weighted by Crippen LogP contribution is 2.38. The Labute approximate surface area is 105 Å². The van der Waals surface area contributed by atoms with Gasteiger partial charge in [0.1, 0.15) is 17.0 Å². The van der Waals surface area contributed by atoms with Crippen molar-refractivity contribution in [2.24, 2.45) is 0 Å². The molecule has 0 atom stereocenters. The molecule has 0 aliphatic heterocycles. The third-order valence-corrected chi connectivity index (χ3v) is 3.39. The zero-order valence-corrected chi connectivity index (χ0v) is 11.1. The van der Waals surface area contributed by atoms with Crippen molar-refractivity contribution < 1.29 is 9.47 Å². The van der Waals surface area contributed by atoms with Crippen LogP contribution in [-0.2, 0) is 0 Å². The molecule has 0 bridgehead atoms. The van der Waals surface area contributed by atoms with Gasteiger partial charge in [-0.1, -0.05) is 11.6 Å². The van der Waals surface area contributed by atoms with Gasteiger partial charge in [0.15, 0.2) is 0 Å². The second-order valence-corrected chi connectivity index (χ2v) is 4.21. The Morgan fingerprint density at radius 3 is 2.24 bits per heavy atom. The first-order valence-electron chi connectivity index (χ1n) is 5.27. The zero-order valence-electron chi connectivity index (χ0n) is 10.3. The lowest BCUT2D eigenvalue weighted by Crippen LogP contribution is -1.96. The molecule has 0 unspecified atom stereocenters. The fraction of sp³-hybridized carbons (Fsp3) is 0.308. The molecule has 0 aliphatic rings. The molecular formula is C13H14ClNO2. The Balaban J connectivity index is 2.96. The van der Waals surface area contributed by atoms with Crippen LogP contribution in [0.3, 0.4) is 0 Å². The summed E-state index contributed by atoms with van der Waals surface area (Å²) in [6.45, 7) is 3.88. The number of hydrogen-bond donors (Lipinski definition) is 0. The Bertz CT molecular complexity index is 581. The molecule has 3 nitrogen and oxygen atoms in total. The van der Waals surface area contributed by atoms with E-state index in [1.165, 1.54) is 0 Å². The van der Waals surface area contributed by atoms with Crippen LogP contribution >= 0.6 is 11.6 Å². The lowest BCUT2D eigenvalue weighted by atomic mass is 10.1. The minimum Gasteiger partial charge on any atom is -0.496 e. The molecule has 0 fully saturated rings. The summed E-state index contributed by atoms with van der Waals surface area (Å²) >= 11 is 6.37. The molecule has 0 amide bonds. The molecule has 2 aromatic rings. The maximum atomic E-state index is 6.37. The van der Waals surface area contributed by atoms with E-state index in [1.54, 1.807) is 14.2 Å². The SMILES string of the molecule is COc1ccc(OC)c2c(Cl)c(C)c(C)nc12. The number of halogens is 1.